The highest BCUT2D eigenvalue weighted by Gasteiger charge is 2.40. The molecule has 4 nitrogen and oxygen atoms in total. The Morgan fingerprint density at radius 1 is 1.25 bits per heavy atom. The quantitative estimate of drug-likeness (QED) is 0.864. The molecule has 0 spiro atoms. The summed E-state index contributed by atoms with van der Waals surface area (Å²) in [7, 11) is 1.58. The molecule has 2 aliphatic rings. The molecule has 2 aromatic rings. The number of hydrogen-bond donors (Lipinski definition) is 1. The Balaban J connectivity index is 1.63. The minimum Gasteiger partial charge on any atom is -0.495 e. The van der Waals surface area contributed by atoms with Gasteiger partial charge >= 0.3 is 0 Å². The molecule has 0 saturated carbocycles. The van der Waals surface area contributed by atoms with Crippen molar-refractivity contribution in [2.75, 3.05) is 19.4 Å². The highest BCUT2D eigenvalue weighted by Crippen LogP contribution is 2.42. The van der Waals surface area contributed by atoms with E-state index in [0.717, 1.165) is 25.8 Å². The van der Waals surface area contributed by atoms with E-state index in [1.807, 2.05) is 6.07 Å². The van der Waals surface area contributed by atoms with Crippen molar-refractivity contribution in [3.05, 3.63) is 59.2 Å². The molecule has 2 atom stereocenters. The SMILES string of the molecule is COc1ccc(C(=O)N2CCC[C@@H]3c4ccccc4C[C@@H]32)cc1N. The molecule has 4 heteroatoms. The molecule has 1 amide bonds. The predicted octanol–water partition coefficient (Wildman–Crippen LogP) is 3.22. The molecule has 24 heavy (non-hydrogen) atoms. The first-order valence-electron chi connectivity index (χ1n) is 8.51. The van der Waals surface area contributed by atoms with Gasteiger partial charge in [0.05, 0.1) is 12.8 Å². The number of nitrogens with two attached hydrogens (primary N) is 1. The van der Waals surface area contributed by atoms with Gasteiger partial charge in [0.1, 0.15) is 5.75 Å². The number of fused-ring (bicyclic) bond motifs is 3. The van der Waals surface area contributed by atoms with Crippen LogP contribution in [0.2, 0.25) is 0 Å². The maximum atomic E-state index is 13.1. The van der Waals surface area contributed by atoms with Crippen molar-refractivity contribution in [3.63, 3.8) is 0 Å². The first-order valence-corrected chi connectivity index (χ1v) is 8.51. The lowest BCUT2D eigenvalue weighted by Crippen LogP contribution is -2.46. The Morgan fingerprint density at radius 2 is 2.08 bits per heavy atom. The molecule has 0 aromatic heterocycles. The number of likely N-dealkylation sites (tertiary alicyclic amines) is 1. The van der Waals surface area contributed by atoms with E-state index in [2.05, 4.69) is 29.2 Å². The molecule has 1 aliphatic carbocycles. The standard InChI is InChI=1S/C20H22N2O2/c1-24-19-9-8-14(11-17(19)21)20(23)22-10-4-7-16-15-6-3-2-5-13(15)12-18(16)22/h2-3,5-6,8-9,11,16,18H,4,7,10,12,21H2,1H3/t16-,18+/m1/s1. The van der Waals surface area contributed by atoms with Crippen LogP contribution in [0.5, 0.6) is 5.75 Å². The number of carbonyl (C=O) groups is 1. The minimum absolute atomic E-state index is 0.0758. The molecule has 1 fully saturated rings. The van der Waals surface area contributed by atoms with Gasteiger partial charge in [0.25, 0.3) is 5.91 Å². The van der Waals surface area contributed by atoms with E-state index in [1.165, 1.54) is 11.1 Å². The van der Waals surface area contributed by atoms with Crippen LogP contribution < -0.4 is 10.5 Å². The zero-order valence-electron chi connectivity index (χ0n) is 13.9. The second-order valence-corrected chi connectivity index (χ2v) is 6.67. The Bertz CT molecular complexity index is 787. The summed E-state index contributed by atoms with van der Waals surface area (Å²) < 4.78 is 5.19. The molecule has 1 aliphatic heterocycles. The zero-order chi connectivity index (χ0) is 16.7. The second kappa shape index (κ2) is 5.86. The Morgan fingerprint density at radius 3 is 2.88 bits per heavy atom. The molecule has 0 bridgehead atoms. The number of benzene rings is 2. The Kier molecular flexibility index (Phi) is 3.68. The van der Waals surface area contributed by atoms with Crippen molar-refractivity contribution in [2.24, 2.45) is 0 Å². The minimum atomic E-state index is 0.0758. The van der Waals surface area contributed by atoms with E-state index >= 15 is 0 Å². The molecular formula is C20H22N2O2. The van der Waals surface area contributed by atoms with E-state index in [1.54, 1.807) is 19.2 Å². The van der Waals surface area contributed by atoms with E-state index in [-0.39, 0.29) is 11.9 Å². The number of ether oxygens (including phenoxy) is 1. The number of nitrogen functional groups attached to an aromatic ring is 1. The lowest BCUT2D eigenvalue weighted by molar-refractivity contribution is 0.0595. The first-order chi connectivity index (χ1) is 11.7. The molecule has 4 rings (SSSR count). The van der Waals surface area contributed by atoms with Crippen LogP contribution in [0.3, 0.4) is 0 Å². The van der Waals surface area contributed by atoms with Gasteiger partial charge in [-0.05, 0) is 48.6 Å². The van der Waals surface area contributed by atoms with Crippen molar-refractivity contribution in [3.8, 4) is 5.75 Å². The summed E-state index contributed by atoms with van der Waals surface area (Å²) in [6, 6.07) is 14.2. The number of methoxy groups -OCH3 is 1. The van der Waals surface area contributed by atoms with Crippen molar-refractivity contribution in [2.45, 2.75) is 31.2 Å². The topological polar surface area (TPSA) is 55.6 Å². The monoisotopic (exact) mass is 322 g/mol. The maximum Gasteiger partial charge on any atom is 0.254 e. The third-order valence-corrected chi connectivity index (χ3v) is 5.40. The lowest BCUT2D eigenvalue weighted by atomic mass is 9.88. The van der Waals surface area contributed by atoms with Gasteiger partial charge in [0.15, 0.2) is 0 Å². The smallest absolute Gasteiger partial charge is 0.254 e. The molecule has 0 radical (unpaired) electrons. The Hall–Kier alpha value is -2.49. The molecule has 2 aromatic carbocycles. The van der Waals surface area contributed by atoms with Crippen LogP contribution in [-0.4, -0.2) is 30.5 Å². The third-order valence-electron chi connectivity index (χ3n) is 5.40. The number of carbonyl (C=O) groups excluding carboxylic acids is 1. The molecule has 1 heterocycles. The lowest BCUT2D eigenvalue weighted by Gasteiger charge is -2.38. The van der Waals surface area contributed by atoms with Gasteiger partial charge in [-0.1, -0.05) is 24.3 Å². The first kappa shape index (κ1) is 15.1. The third kappa shape index (κ3) is 2.33. The van der Waals surface area contributed by atoms with Gasteiger partial charge in [-0.15, -0.1) is 0 Å². The largest absolute Gasteiger partial charge is 0.495 e. The van der Waals surface area contributed by atoms with Crippen LogP contribution >= 0.6 is 0 Å². The van der Waals surface area contributed by atoms with E-state index in [0.29, 0.717) is 22.9 Å². The van der Waals surface area contributed by atoms with Crippen LogP contribution in [-0.2, 0) is 6.42 Å². The van der Waals surface area contributed by atoms with Crippen LogP contribution in [0.15, 0.2) is 42.5 Å². The van der Waals surface area contributed by atoms with Crippen LogP contribution in [0.1, 0.15) is 40.2 Å². The van der Waals surface area contributed by atoms with Gasteiger partial charge in [0, 0.05) is 24.1 Å². The normalized spacial score (nSPS) is 22.0. The van der Waals surface area contributed by atoms with E-state index in [4.69, 9.17) is 10.5 Å². The fourth-order valence-corrected chi connectivity index (χ4v) is 4.26. The fourth-order valence-electron chi connectivity index (χ4n) is 4.26. The predicted molar refractivity (Wildman–Crippen MR) is 94.4 cm³/mol. The molecule has 124 valence electrons. The van der Waals surface area contributed by atoms with Crippen molar-refractivity contribution in [1.82, 2.24) is 4.90 Å². The fraction of sp³-hybridized carbons (Fsp3) is 0.350. The highest BCUT2D eigenvalue weighted by molar-refractivity contribution is 5.96. The van der Waals surface area contributed by atoms with Crippen LogP contribution in [0.25, 0.3) is 0 Å². The summed E-state index contributed by atoms with van der Waals surface area (Å²) in [5.74, 6) is 1.15. The number of hydrogen-bond acceptors (Lipinski definition) is 3. The average molecular weight is 322 g/mol. The summed E-state index contributed by atoms with van der Waals surface area (Å²) >= 11 is 0. The van der Waals surface area contributed by atoms with Crippen LogP contribution in [0, 0.1) is 0 Å². The van der Waals surface area contributed by atoms with Gasteiger partial charge in [-0.2, -0.15) is 0 Å². The molecule has 1 saturated heterocycles. The zero-order valence-corrected chi connectivity index (χ0v) is 13.9. The summed E-state index contributed by atoms with van der Waals surface area (Å²) in [5.41, 5.74) is 9.94. The maximum absolute atomic E-state index is 13.1. The van der Waals surface area contributed by atoms with Gasteiger partial charge in [0.2, 0.25) is 0 Å². The van der Waals surface area contributed by atoms with Gasteiger partial charge in [-0.3, -0.25) is 4.79 Å². The van der Waals surface area contributed by atoms with Crippen molar-refractivity contribution in [1.29, 1.82) is 0 Å². The molecule has 2 N–H and O–H groups in total. The number of piperidine rings is 1. The van der Waals surface area contributed by atoms with Crippen LogP contribution in [0.4, 0.5) is 5.69 Å². The van der Waals surface area contributed by atoms with E-state index < -0.39 is 0 Å². The van der Waals surface area contributed by atoms with Gasteiger partial charge < -0.3 is 15.4 Å². The summed E-state index contributed by atoms with van der Waals surface area (Å²) in [4.78, 5) is 15.1. The average Bonchev–Trinajstić information content (AvgIpc) is 2.99. The highest BCUT2D eigenvalue weighted by atomic mass is 16.5. The number of anilines is 1. The van der Waals surface area contributed by atoms with Crippen molar-refractivity contribution < 1.29 is 9.53 Å². The molecular weight excluding hydrogens is 300 g/mol. The number of rotatable bonds is 2. The summed E-state index contributed by atoms with van der Waals surface area (Å²) in [6.07, 6.45) is 3.17. The summed E-state index contributed by atoms with van der Waals surface area (Å²) in [5, 5.41) is 0. The number of nitrogens with zero attached hydrogens (tertiary/aromatic N) is 1. The van der Waals surface area contributed by atoms with E-state index in [9.17, 15) is 4.79 Å². The second-order valence-electron chi connectivity index (χ2n) is 6.67. The van der Waals surface area contributed by atoms with Gasteiger partial charge in [-0.25, -0.2) is 0 Å². The Labute approximate surface area is 142 Å². The molecule has 0 unspecified atom stereocenters. The van der Waals surface area contributed by atoms with Crippen molar-refractivity contribution >= 4 is 11.6 Å². The number of amides is 1. The summed E-state index contributed by atoms with van der Waals surface area (Å²) in [6.45, 7) is 0.819.